The van der Waals surface area contributed by atoms with Crippen LogP contribution in [0.15, 0.2) is 53.7 Å². The van der Waals surface area contributed by atoms with Gasteiger partial charge in [-0.15, -0.1) is 0 Å². The average molecular weight is 464 g/mol. The van der Waals surface area contributed by atoms with E-state index in [0.29, 0.717) is 5.92 Å². The van der Waals surface area contributed by atoms with Gasteiger partial charge in [0, 0.05) is 18.2 Å². The van der Waals surface area contributed by atoms with Gasteiger partial charge < -0.3 is 0 Å². The first kappa shape index (κ1) is 22.0. The number of halogens is 2. The number of nitrogens with zero attached hydrogens (tertiary/aromatic N) is 3. The molecule has 0 aliphatic carbocycles. The number of aromatic nitrogens is 2. The summed E-state index contributed by atoms with van der Waals surface area (Å²) in [4.78, 5) is 5.33. The molecular weight excluding hydrogens is 440 g/mol. The van der Waals surface area contributed by atoms with E-state index in [-0.39, 0.29) is 23.2 Å². The van der Waals surface area contributed by atoms with Crippen molar-refractivity contribution < 1.29 is 17.2 Å². The van der Waals surface area contributed by atoms with E-state index in [2.05, 4.69) is 33.3 Å². The van der Waals surface area contributed by atoms with Crippen LogP contribution >= 0.6 is 11.5 Å². The molecule has 9 heteroatoms. The van der Waals surface area contributed by atoms with Crippen LogP contribution in [0.4, 0.5) is 8.78 Å². The molecule has 164 valence electrons. The number of hydrogen-bond acceptors (Lipinski definition) is 6. The lowest BCUT2D eigenvalue weighted by atomic mass is 9.85. The van der Waals surface area contributed by atoms with Crippen molar-refractivity contribution in [2.45, 2.75) is 43.0 Å². The highest BCUT2D eigenvalue weighted by atomic mass is 32.2. The zero-order valence-electron chi connectivity index (χ0n) is 17.0. The Morgan fingerprint density at radius 3 is 2.65 bits per heavy atom. The number of likely N-dealkylation sites (tertiary alicyclic amines) is 1. The SMILES string of the molecule is C[C@H]1CCCN(Cc2cc(F)c(S(=O)(=O)Cc3ncns3)cc2F)[C@H]1c1ccccc1. The molecule has 0 unspecified atom stereocenters. The molecule has 3 aromatic rings. The van der Waals surface area contributed by atoms with Crippen molar-refractivity contribution >= 4 is 21.4 Å². The van der Waals surface area contributed by atoms with Crippen molar-refractivity contribution in [2.24, 2.45) is 5.92 Å². The molecule has 1 saturated heterocycles. The van der Waals surface area contributed by atoms with Crippen LogP contribution in [0.25, 0.3) is 0 Å². The highest BCUT2D eigenvalue weighted by Gasteiger charge is 2.31. The number of piperidine rings is 1. The van der Waals surface area contributed by atoms with E-state index < -0.39 is 32.1 Å². The fourth-order valence-corrected chi connectivity index (χ4v) is 6.47. The monoisotopic (exact) mass is 463 g/mol. The third-order valence-electron chi connectivity index (χ3n) is 5.71. The van der Waals surface area contributed by atoms with E-state index in [4.69, 9.17) is 0 Å². The van der Waals surface area contributed by atoms with Gasteiger partial charge in [-0.2, -0.15) is 4.37 Å². The largest absolute Gasteiger partial charge is 0.292 e. The smallest absolute Gasteiger partial charge is 0.187 e. The fourth-order valence-electron chi connectivity index (χ4n) is 4.29. The van der Waals surface area contributed by atoms with Gasteiger partial charge in [-0.25, -0.2) is 22.2 Å². The van der Waals surface area contributed by atoms with Crippen LogP contribution in [0.5, 0.6) is 0 Å². The molecule has 2 aromatic carbocycles. The summed E-state index contributed by atoms with van der Waals surface area (Å²) in [6, 6.07) is 11.9. The second kappa shape index (κ2) is 9.10. The maximum atomic E-state index is 14.9. The first-order valence-corrected chi connectivity index (χ1v) is 12.5. The Morgan fingerprint density at radius 2 is 1.94 bits per heavy atom. The average Bonchev–Trinajstić information content (AvgIpc) is 3.23. The highest BCUT2D eigenvalue weighted by molar-refractivity contribution is 7.90. The van der Waals surface area contributed by atoms with Gasteiger partial charge in [-0.1, -0.05) is 37.3 Å². The highest BCUT2D eigenvalue weighted by Crippen LogP contribution is 2.37. The summed E-state index contributed by atoms with van der Waals surface area (Å²) in [7, 11) is -4.07. The Labute approximate surface area is 184 Å². The Morgan fingerprint density at radius 1 is 1.16 bits per heavy atom. The summed E-state index contributed by atoms with van der Waals surface area (Å²) in [6.07, 6.45) is 3.27. The fraction of sp³-hybridized carbons (Fsp3) is 0.364. The van der Waals surface area contributed by atoms with E-state index in [0.717, 1.165) is 48.6 Å². The normalized spacial score (nSPS) is 20.1. The molecule has 4 rings (SSSR count). The van der Waals surface area contributed by atoms with Crippen LogP contribution < -0.4 is 0 Å². The van der Waals surface area contributed by atoms with Crippen molar-refractivity contribution in [1.29, 1.82) is 0 Å². The summed E-state index contributed by atoms with van der Waals surface area (Å²) in [5.41, 5.74) is 1.30. The van der Waals surface area contributed by atoms with Crippen molar-refractivity contribution in [3.05, 3.63) is 76.6 Å². The maximum Gasteiger partial charge on any atom is 0.187 e. The van der Waals surface area contributed by atoms with Crippen molar-refractivity contribution in [1.82, 2.24) is 14.3 Å². The van der Waals surface area contributed by atoms with Crippen LogP contribution in [-0.2, 0) is 22.1 Å². The van der Waals surface area contributed by atoms with Crippen LogP contribution in [0.1, 0.15) is 41.9 Å². The minimum absolute atomic E-state index is 0.0956. The third kappa shape index (κ3) is 4.83. The minimum atomic E-state index is -4.07. The van der Waals surface area contributed by atoms with Crippen molar-refractivity contribution in [3.63, 3.8) is 0 Å². The molecule has 0 spiro atoms. The lowest BCUT2D eigenvalue weighted by molar-refractivity contribution is 0.0921. The minimum Gasteiger partial charge on any atom is -0.292 e. The lowest BCUT2D eigenvalue weighted by Gasteiger charge is -2.40. The Hall–Kier alpha value is -2.23. The van der Waals surface area contributed by atoms with Crippen LogP contribution in [0.2, 0.25) is 0 Å². The lowest BCUT2D eigenvalue weighted by Crippen LogP contribution is -2.37. The molecule has 2 atom stereocenters. The number of rotatable bonds is 6. The third-order valence-corrected chi connectivity index (χ3v) is 8.19. The number of hydrogen-bond donors (Lipinski definition) is 0. The molecule has 1 aliphatic heterocycles. The molecule has 31 heavy (non-hydrogen) atoms. The van der Waals surface area contributed by atoms with Crippen molar-refractivity contribution in [2.75, 3.05) is 6.54 Å². The summed E-state index contributed by atoms with van der Waals surface area (Å²) >= 11 is 0.916. The van der Waals surface area contributed by atoms with Crippen LogP contribution in [0.3, 0.4) is 0 Å². The standard InChI is InChI=1S/C22H23F2N3O2S2/c1-15-6-5-9-27(22(15)16-7-3-2-4-8-16)12-17-10-19(24)20(11-18(17)23)31(28,29)13-21-25-14-26-30-21/h2-4,7-8,10-11,14-15,22H,5-6,9,12-13H2,1H3/t15-,22+/m0/s1. The molecule has 0 saturated carbocycles. The van der Waals surface area contributed by atoms with Gasteiger partial charge in [0.25, 0.3) is 0 Å². The van der Waals surface area contributed by atoms with Gasteiger partial charge in [-0.3, -0.25) is 4.90 Å². The van der Waals surface area contributed by atoms with Crippen LogP contribution in [-0.4, -0.2) is 29.2 Å². The van der Waals surface area contributed by atoms with Crippen LogP contribution in [0, 0.1) is 17.6 Å². The maximum absolute atomic E-state index is 14.9. The molecule has 0 radical (unpaired) electrons. The molecule has 0 amide bonds. The summed E-state index contributed by atoms with van der Waals surface area (Å²) in [5.74, 6) is -1.80. The van der Waals surface area contributed by atoms with Gasteiger partial charge in [0.1, 0.15) is 33.6 Å². The van der Waals surface area contributed by atoms with Gasteiger partial charge in [0.15, 0.2) is 9.84 Å². The molecular formula is C22H23F2N3O2S2. The predicted octanol–water partition coefficient (Wildman–Crippen LogP) is 4.76. The summed E-state index contributed by atoms with van der Waals surface area (Å²) < 4.78 is 58.6. The zero-order valence-corrected chi connectivity index (χ0v) is 18.7. The first-order valence-electron chi connectivity index (χ1n) is 10.1. The number of sulfone groups is 1. The molecule has 5 nitrogen and oxygen atoms in total. The van der Waals surface area contributed by atoms with Gasteiger partial charge >= 0.3 is 0 Å². The second-order valence-electron chi connectivity index (χ2n) is 7.91. The predicted molar refractivity (Wildman–Crippen MR) is 115 cm³/mol. The summed E-state index contributed by atoms with van der Waals surface area (Å²) in [5, 5.41) is 0.233. The number of benzene rings is 2. The Bertz CT molecular complexity index is 1140. The Kier molecular flexibility index (Phi) is 6.45. The first-order chi connectivity index (χ1) is 14.8. The van der Waals surface area contributed by atoms with Crippen molar-refractivity contribution in [3.8, 4) is 0 Å². The summed E-state index contributed by atoms with van der Waals surface area (Å²) in [6.45, 7) is 3.15. The molecule has 1 aromatic heterocycles. The quantitative estimate of drug-likeness (QED) is 0.527. The van der Waals surface area contributed by atoms with Gasteiger partial charge in [0.05, 0.1) is 0 Å². The Balaban J connectivity index is 1.61. The molecule has 0 bridgehead atoms. The van der Waals surface area contributed by atoms with E-state index in [1.54, 1.807) is 0 Å². The van der Waals surface area contributed by atoms with E-state index in [1.165, 1.54) is 6.33 Å². The van der Waals surface area contributed by atoms with Gasteiger partial charge in [-0.05, 0) is 54.5 Å². The molecule has 0 N–H and O–H groups in total. The molecule has 1 aliphatic rings. The molecule has 1 fully saturated rings. The van der Waals surface area contributed by atoms with E-state index >= 15 is 0 Å². The topological polar surface area (TPSA) is 63.2 Å². The molecule has 2 heterocycles. The zero-order chi connectivity index (χ0) is 22.0. The van der Waals surface area contributed by atoms with Gasteiger partial charge in [0.2, 0.25) is 0 Å². The van der Waals surface area contributed by atoms with E-state index in [1.807, 2.05) is 18.2 Å². The second-order valence-corrected chi connectivity index (χ2v) is 10.7. The van der Waals surface area contributed by atoms with E-state index in [9.17, 15) is 17.2 Å².